The van der Waals surface area contributed by atoms with Gasteiger partial charge < -0.3 is 17.2 Å². The summed E-state index contributed by atoms with van der Waals surface area (Å²) in [5, 5.41) is 1.13. The normalized spacial score (nSPS) is 4.80. The Labute approximate surface area is 73.5 Å². The van der Waals surface area contributed by atoms with Crippen molar-refractivity contribution in [1.29, 1.82) is 0 Å². The Hall–Kier alpha value is 0.360. The highest BCUT2D eigenvalue weighted by Gasteiger charge is 1.58. The average Bonchev–Trinajstić information content (AvgIpc) is 2.14. The molecule has 0 radical (unpaired) electrons. The Morgan fingerprint density at radius 3 is 1.00 bits per heavy atom. The van der Waals surface area contributed by atoms with Crippen molar-refractivity contribution < 1.29 is 0 Å². The number of nitrogens with two attached hydrogens (primary N) is 3. The van der Waals surface area contributed by atoms with Crippen LogP contribution in [0.1, 0.15) is 13.3 Å². The highest BCUT2D eigenvalue weighted by molar-refractivity contribution is 9.09. The SMILES string of the molecule is CCCBr.CN.CN.CN. The van der Waals surface area contributed by atoms with Crippen LogP contribution in [0.25, 0.3) is 0 Å². The molecule has 0 atom stereocenters. The number of alkyl halides is 1. The summed E-state index contributed by atoms with van der Waals surface area (Å²) < 4.78 is 0. The van der Waals surface area contributed by atoms with Gasteiger partial charge in [0.2, 0.25) is 0 Å². The van der Waals surface area contributed by atoms with E-state index in [2.05, 4.69) is 40.1 Å². The van der Waals surface area contributed by atoms with Crippen molar-refractivity contribution in [2.24, 2.45) is 17.2 Å². The fourth-order valence-corrected chi connectivity index (χ4v) is 0. The molecule has 0 unspecified atom stereocenters. The quantitative estimate of drug-likeness (QED) is 0.559. The van der Waals surface area contributed by atoms with Gasteiger partial charge in [-0.3, -0.25) is 0 Å². The van der Waals surface area contributed by atoms with E-state index >= 15 is 0 Å². The lowest BCUT2D eigenvalue weighted by molar-refractivity contribution is 1.12. The summed E-state index contributed by atoms with van der Waals surface area (Å²) >= 11 is 3.25. The maximum Gasteiger partial charge on any atom is 0.00286 e. The molecule has 0 bridgehead atoms. The van der Waals surface area contributed by atoms with E-state index < -0.39 is 0 Å². The van der Waals surface area contributed by atoms with E-state index in [0.717, 1.165) is 5.33 Å². The summed E-state index contributed by atoms with van der Waals surface area (Å²) in [6.45, 7) is 2.13. The van der Waals surface area contributed by atoms with Crippen LogP contribution in [0.3, 0.4) is 0 Å². The van der Waals surface area contributed by atoms with Gasteiger partial charge in [0.15, 0.2) is 0 Å². The first-order chi connectivity index (χ1) is 4.91. The van der Waals surface area contributed by atoms with Crippen LogP contribution in [-0.4, -0.2) is 26.5 Å². The van der Waals surface area contributed by atoms with Crippen LogP contribution in [0.2, 0.25) is 0 Å². The van der Waals surface area contributed by atoms with E-state index in [9.17, 15) is 0 Å². The molecule has 4 heteroatoms. The van der Waals surface area contributed by atoms with Crippen molar-refractivity contribution in [2.75, 3.05) is 26.5 Å². The maximum absolute atomic E-state index is 4.50. The zero-order valence-corrected chi connectivity index (χ0v) is 9.11. The molecule has 0 saturated carbocycles. The molecular formula is C6H22BrN3. The van der Waals surface area contributed by atoms with E-state index in [1.165, 1.54) is 27.6 Å². The summed E-state index contributed by atoms with van der Waals surface area (Å²) in [5.74, 6) is 0. The van der Waals surface area contributed by atoms with Crippen molar-refractivity contribution in [3.05, 3.63) is 0 Å². The largest absolute Gasteiger partial charge is 0.333 e. The maximum atomic E-state index is 4.50. The minimum absolute atomic E-state index is 1.13. The van der Waals surface area contributed by atoms with Crippen molar-refractivity contribution in [3.8, 4) is 0 Å². The highest BCUT2D eigenvalue weighted by Crippen LogP contribution is 1.80. The third-order valence-corrected chi connectivity index (χ3v) is 0.982. The first-order valence-electron chi connectivity index (χ1n) is 3.21. The fourth-order valence-electron chi connectivity index (χ4n) is 0. The Bertz CT molecular complexity index is 15.0. The molecule has 0 saturated heterocycles. The van der Waals surface area contributed by atoms with Gasteiger partial charge in [-0.05, 0) is 27.6 Å². The van der Waals surface area contributed by atoms with Gasteiger partial charge in [-0.2, -0.15) is 0 Å². The lowest BCUT2D eigenvalue weighted by atomic mass is 10.6. The first-order valence-corrected chi connectivity index (χ1v) is 4.33. The average molecular weight is 216 g/mol. The molecule has 0 aliphatic carbocycles. The first kappa shape index (κ1) is 22.4. The minimum atomic E-state index is 1.13. The molecular weight excluding hydrogens is 194 g/mol. The second kappa shape index (κ2) is 117. The van der Waals surface area contributed by atoms with Crippen molar-refractivity contribution >= 4 is 15.9 Å². The van der Waals surface area contributed by atoms with Crippen LogP contribution in [0, 0.1) is 0 Å². The van der Waals surface area contributed by atoms with Crippen LogP contribution in [0.15, 0.2) is 0 Å². The highest BCUT2D eigenvalue weighted by atomic mass is 79.9. The van der Waals surface area contributed by atoms with E-state index in [0.29, 0.717) is 0 Å². The molecule has 0 aromatic heterocycles. The van der Waals surface area contributed by atoms with Crippen molar-refractivity contribution in [2.45, 2.75) is 13.3 Å². The van der Waals surface area contributed by atoms with E-state index in [4.69, 9.17) is 0 Å². The molecule has 0 fully saturated rings. The monoisotopic (exact) mass is 215 g/mol. The van der Waals surface area contributed by atoms with Crippen LogP contribution in [0.5, 0.6) is 0 Å². The Morgan fingerprint density at radius 2 is 1.00 bits per heavy atom. The molecule has 0 aromatic carbocycles. The Kier molecular flexibility index (Phi) is 264. The van der Waals surface area contributed by atoms with Crippen LogP contribution < -0.4 is 17.2 Å². The van der Waals surface area contributed by atoms with Gasteiger partial charge in [0, 0.05) is 5.33 Å². The van der Waals surface area contributed by atoms with Crippen molar-refractivity contribution in [3.63, 3.8) is 0 Å². The molecule has 0 aliphatic rings. The van der Waals surface area contributed by atoms with Gasteiger partial charge in [-0.1, -0.05) is 22.9 Å². The van der Waals surface area contributed by atoms with Crippen LogP contribution in [0.4, 0.5) is 0 Å². The molecule has 0 rings (SSSR count). The van der Waals surface area contributed by atoms with E-state index in [1.807, 2.05) is 0 Å². The summed E-state index contributed by atoms with van der Waals surface area (Å²) in [6, 6.07) is 0. The summed E-state index contributed by atoms with van der Waals surface area (Å²) in [7, 11) is 4.50. The van der Waals surface area contributed by atoms with Gasteiger partial charge in [0.05, 0.1) is 0 Å². The Balaban J connectivity index is -0.0000000262. The minimum Gasteiger partial charge on any atom is -0.333 e. The predicted octanol–water partition coefficient (Wildman–Crippen LogP) is 0.516. The zero-order chi connectivity index (χ0) is 9.41. The predicted molar refractivity (Wildman–Crippen MR) is 54.4 cm³/mol. The molecule has 3 nitrogen and oxygen atoms in total. The third-order valence-electron chi connectivity index (χ3n) is 0.189. The van der Waals surface area contributed by atoms with Crippen molar-refractivity contribution in [1.82, 2.24) is 0 Å². The smallest absolute Gasteiger partial charge is 0.00286 e. The number of rotatable bonds is 1. The number of hydrogen-bond donors (Lipinski definition) is 3. The topological polar surface area (TPSA) is 78.1 Å². The molecule has 6 N–H and O–H groups in total. The van der Waals surface area contributed by atoms with Gasteiger partial charge >= 0.3 is 0 Å². The van der Waals surface area contributed by atoms with Gasteiger partial charge in [0.1, 0.15) is 0 Å². The molecule has 10 heavy (non-hydrogen) atoms. The number of halogens is 1. The molecule has 68 valence electrons. The standard InChI is InChI=1S/C3H7Br.3CH5N/c1-2-3-4;3*1-2/h2-3H2,1H3;3*2H2,1H3. The second-order valence-electron chi connectivity index (χ2n) is 0.689. The lowest BCUT2D eigenvalue weighted by Crippen LogP contribution is -1.69. The van der Waals surface area contributed by atoms with Gasteiger partial charge in [0.25, 0.3) is 0 Å². The van der Waals surface area contributed by atoms with Gasteiger partial charge in [-0.15, -0.1) is 0 Å². The third kappa shape index (κ3) is 245. The fraction of sp³-hybridized carbons (Fsp3) is 1.00. The Morgan fingerprint density at radius 1 is 0.900 bits per heavy atom. The van der Waals surface area contributed by atoms with Crippen LogP contribution >= 0.6 is 15.9 Å². The molecule has 0 amide bonds. The van der Waals surface area contributed by atoms with Gasteiger partial charge in [-0.25, -0.2) is 0 Å². The molecule has 0 aromatic rings. The van der Waals surface area contributed by atoms with E-state index in [1.54, 1.807) is 0 Å². The van der Waals surface area contributed by atoms with E-state index in [-0.39, 0.29) is 0 Å². The molecule has 0 spiro atoms. The molecule has 0 aliphatic heterocycles. The summed E-state index contributed by atoms with van der Waals surface area (Å²) in [6.07, 6.45) is 1.24. The molecule has 0 heterocycles. The number of hydrogen-bond acceptors (Lipinski definition) is 3. The lowest BCUT2D eigenvalue weighted by Gasteiger charge is -1.66. The second-order valence-corrected chi connectivity index (χ2v) is 1.48. The van der Waals surface area contributed by atoms with Crippen LogP contribution in [-0.2, 0) is 0 Å². The summed E-state index contributed by atoms with van der Waals surface area (Å²) in [5.41, 5.74) is 13.5. The summed E-state index contributed by atoms with van der Waals surface area (Å²) in [4.78, 5) is 0. The zero-order valence-electron chi connectivity index (χ0n) is 7.52.